The predicted molar refractivity (Wildman–Crippen MR) is 86.4 cm³/mol. The number of hydrogen-bond acceptors (Lipinski definition) is 2. The Morgan fingerprint density at radius 3 is 2.83 bits per heavy atom. The van der Waals surface area contributed by atoms with E-state index >= 15 is 0 Å². The van der Waals surface area contributed by atoms with Gasteiger partial charge < -0.3 is 9.88 Å². The third-order valence-corrected chi connectivity index (χ3v) is 3.69. The van der Waals surface area contributed by atoms with Gasteiger partial charge in [-0.25, -0.2) is 4.39 Å². The molecule has 3 aromatic rings. The number of para-hydroxylation sites is 1. The van der Waals surface area contributed by atoms with Crippen LogP contribution in [0.1, 0.15) is 11.1 Å². The number of nitrogens with one attached hydrogen (secondary N) is 1. The molecule has 0 saturated heterocycles. The van der Waals surface area contributed by atoms with E-state index in [0.29, 0.717) is 16.8 Å². The van der Waals surface area contributed by atoms with Gasteiger partial charge in [-0.1, -0.05) is 18.2 Å². The molecule has 4 nitrogen and oxygen atoms in total. The number of hydrogen-bond donors (Lipinski definition) is 1. The summed E-state index contributed by atoms with van der Waals surface area (Å²) < 4.78 is 14.8. The number of benzene rings is 2. The largest absolute Gasteiger partial charge is 0.337 e. The van der Waals surface area contributed by atoms with Gasteiger partial charge in [0.25, 0.3) is 0 Å². The van der Waals surface area contributed by atoms with Crippen LogP contribution >= 0.6 is 0 Å². The zero-order valence-corrected chi connectivity index (χ0v) is 12.5. The summed E-state index contributed by atoms with van der Waals surface area (Å²) in [6, 6.07) is 13.8. The van der Waals surface area contributed by atoms with Gasteiger partial charge in [0.1, 0.15) is 18.4 Å². The second kappa shape index (κ2) is 5.93. The minimum atomic E-state index is -0.337. The molecule has 0 bridgehead atoms. The molecule has 0 saturated carbocycles. The molecular formula is C18H14FN3O. The van der Waals surface area contributed by atoms with Gasteiger partial charge in [-0.15, -0.1) is 0 Å². The lowest BCUT2D eigenvalue weighted by molar-refractivity contribution is -0.116. The van der Waals surface area contributed by atoms with E-state index in [2.05, 4.69) is 11.4 Å². The Morgan fingerprint density at radius 2 is 2.09 bits per heavy atom. The van der Waals surface area contributed by atoms with Gasteiger partial charge in [0.05, 0.1) is 5.56 Å². The van der Waals surface area contributed by atoms with Crippen molar-refractivity contribution in [3.63, 3.8) is 0 Å². The Hall–Kier alpha value is -3.13. The van der Waals surface area contributed by atoms with E-state index < -0.39 is 0 Å². The van der Waals surface area contributed by atoms with Crippen LogP contribution in [0.15, 0.2) is 48.7 Å². The summed E-state index contributed by atoms with van der Waals surface area (Å²) in [5, 5.41) is 12.8. The highest BCUT2D eigenvalue weighted by atomic mass is 19.1. The molecule has 114 valence electrons. The maximum absolute atomic E-state index is 13.1. The normalized spacial score (nSPS) is 10.5. The number of nitrogens with zero attached hydrogens (tertiary/aromatic N) is 2. The van der Waals surface area contributed by atoms with Crippen LogP contribution in [-0.2, 0) is 11.3 Å². The number of carbonyl (C=O) groups is 1. The summed E-state index contributed by atoms with van der Waals surface area (Å²) in [6.45, 7) is 1.82. The first-order valence-corrected chi connectivity index (χ1v) is 7.12. The van der Waals surface area contributed by atoms with Crippen LogP contribution in [0.5, 0.6) is 0 Å². The number of rotatable bonds is 3. The number of halogens is 1. The maximum atomic E-state index is 13.1. The minimum Gasteiger partial charge on any atom is -0.337 e. The fourth-order valence-electron chi connectivity index (χ4n) is 2.58. The first kappa shape index (κ1) is 14.8. The molecule has 1 N–H and O–H groups in total. The number of anilines is 1. The standard InChI is InChI=1S/C18H14FN3O/c1-12-8-14(19)6-7-16(12)21-18(23)11-22-10-13(9-20)15-4-2-3-5-17(15)22/h2-8,10H,11H2,1H3,(H,21,23). The van der Waals surface area contributed by atoms with Crippen LogP contribution < -0.4 is 5.32 Å². The number of fused-ring (bicyclic) bond motifs is 1. The Labute approximate surface area is 132 Å². The smallest absolute Gasteiger partial charge is 0.244 e. The molecule has 2 aromatic carbocycles. The first-order chi connectivity index (χ1) is 11.1. The van der Waals surface area contributed by atoms with Crippen LogP contribution in [0, 0.1) is 24.1 Å². The van der Waals surface area contributed by atoms with Crippen LogP contribution in [0.25, 0.3) is 10.9 Å². The Balaban J connectivity index is 1.85. The highest BCUT2D eigenvalue weighted by molar-refractivity contribution is 5.93. The fraction of sp³-hybridized carbons (Fsp3) is 0.111. The van der Waals surface area contributed by atoms with Gasteiger partial charge in [-0.2, -0.15) is 5.26 Å². The summed E-state index contributed by atoms with van der Waals surface area (Å²) in [7, 11) is 0. The van der Waals surface area contributed by atoms with E-state index in [4.69, 9.17) is 0 Å². The molecule has 0 aliphatic rings. The topological polar surface area (TPSA) is 57.8 Å². The zero-order chi connectivity index (χ0) is 16.4. The molecule has 1 aromatic heterocycles. The molecule has 3 rings (SSSR count). The SMILES string of the molecule is Cc1cc(F)ccc1NC(=O)Cn1cc(C#N)c2ccccc21. The molecule has 1 heterocycles. The average Bonchev–Trinajstić information content (AvgIpc) is 2.88. The lowest BCUT2D eigenvalue weighted by atomic mass is 10.2. The van der Waals surface area contributed by atoms with Gasteiger partial charge in [-0.3, -0.25) is 4.79 Å². The van der Waals surface area contributed by atoms with E-state index in [1.165, 1.54) is 18.2 Å². The van der Waals surface area contributed by atoms with Crippen molar-refractivity contribution in [2.45, 2.75) is 13.5 Å². The molecule has 0 aliphatic carbocycles. The molecule has 5 heteroatoms. The van der Waals surface area contributed by atoms with E-state index in [0.717, 1.165) is 10.9 Å². The fourth-order valence-corrected chi connectivity index (χ4v) is 2.58. The average molecular weight is 307 g/mol. The van der Waals surface area contributed by atoms with E-state index in [1.807, 2.05) is 24.3 Å². The van der Waals surface area contributed by atoms with E-state index in [9.17, 15) is 14.4 Å². The molecule has 23 heavy (non-hydrogen) atoms. The van der Waals surface area contributed by atoms with Crippen molar-refractivity contribution in [1.82, 2.24) is 4.57 Å². The van der Waals surface area contributed by atoms with Crippen molar-refractivity contribution in [1.29, 1.82) is 5.26 Å². The van der Waals surface area contributed by atoms with Crippen molar-refractivity contribution >= 4 is 22.5 Å². The molecular weight excluding hydrogens is 293 g/mol. The first-order valence-electron chi connectivity index (χ1n) is 7.12. The summed E-state index contributed by atoms with van der Waals surface area (Å²) in [5.41, 5.74) is 2.60. The second-order valence-corrected chi connectivity index (χ2v) is 5.31. The molecule has 0 unspecified atom stereocenters. The Morgan fingerprint density at radius 1 is 1.30 bits per heavy atom. The predicted octanol–water partition coefficient (Wildman–Crippen LogP) is 3.60. The number of aryl methyl sites for hydroxylation is 1. The van der Waals surface area contributed by atoms with Crippen LogP contribution in [0.3, 0.4) is 0 Å². The summed E-state index contributed by atoms with van der Waals surface area (Å²) in [5.74, 6) is -0.569. The van der Waals surface area contributed by atoms with Gasteiger partial charge >= 0.3 is 0 Å². The summed E-state index contributed by atoms with van der Waals surface area (Å²) in [4.78, 5) is 12.3. The second-order valence-electron chi connectivity index (χ2n) is 5.31. The van der Waals surface area contributed by atoms with Crippen molar-refractivity contribution in [3.05, 3.63) is 65.6 Å². The molecule has 0 fully saturated rings. The minimum absolute atomic E-state index is 0.0824. The zero-order valence-electron chi connectivity index (χ0n) is 12.5. The van der Waals surface area contributed by atoms with Gasteiger partial charge in [-0.05, 0) is 36.8 Å². The number of nitriles is 1. The highest BCUT2D eigenvalue weighted by Gasteiger charge is 2.11. The highest BCUT2D eigenvalue weighted by Crippen LogP contribution is 2.21. The molecule has 0 spiro atoms. The van der Waals surface area contributed by atoms with E-state index in [-0.39, 0.29) is 18.3 Å². The molecule has 0 atom stereocenters. The van der Waals surface area contributed by atoms with Crippen LogP contribution in [0.2, 0.25) is 0 Å². The van der Waals surface area contributed by atoms with Crippen LogP contribution in [-0.4, -0.2) is 10.5 Å². The van der Waals surface area contributed by atoms with Crippen molar-refractivity contribution < 1.29 is 9.18 Å². The molecule has 0 aliphatic heterocycles. The lowest BCUT2D eigenvalue weighted by Crippen LogP contribution is -2.18. The monoisotopic (exact) mass is 307 g/mol. The third-order valence-electron chi connectivity index (χ3n) is 3.69. The summed E-state index contributed by atoms with van der Waals surface area (Å²) in [6.07, 6.45) is 1.67. The quantitative estimate of drug-likeness (QED) is 0.803. The van der Waals surface area contributed by atoms with Crippen molar-refractivity contribution in [3.8, 4) is 6.07 Å². The van der Waals surface area contributed by atoms with Crippen molar-refractivity contribution in [2.75, 3.05) is 5.32 Å². The van der Waals surface area contributed by atoms with Gasteiger partial charge in [0.2, 0.25) is 5.91 Å². The Bertz CT molecular complexity index is 937. The van der Waals surface area contributed by atoms with Gasteiger partial charge in [0.15, 0.2) is 0 Å². The lowest BCUT2D eigenvalue weighted by Gasteiger charge is -2.09. The molecule has 0 radical (unpaired) electrons. The Kier molecular flexibility index (Phi) is 3.82. The van der Waals surface area contributed by atoms with E-state index in [1.54, 1.807) is 17.7 Å². The van der Waals surface area contributed by atoms with Gasteiger partial charge in [0, 0.05) is 22.8 Å². The van der Waals surface area contributed by atoms with Crippen molar-refractivity contribution in [2.24, 2.45) is 0 Å². The van der Waals surface area contributed by atoms with Crippen LogP contribution in [0.4, 0.5) is 10.1 Å². The third kappa shape index (κ3) is 2.92. The number of aromatic nitrogens is 1. The number of carbonyl (C=O) groups excluding carboxylic acids is 1. The number of amides is 1. The molecule has 1 amide bonds. The summed E-state index contributed by atoms with van der Waals surface area (Å²) >= 11 is 0. The maximum Gasteiger partial charge on any atom is 0.244 e.